The highest BCUT2D eigenvalue weighted by molar-refractivity contribution is 7.09. The summed E-state index contributed by atoms with van der Waals surface area (Å²) < 4.78 is 0. The summed E-state index contributed by atoms with van der Waals surface area (Å²) in [6, 6.07) is 0.635. The minimum atomic E-state index is 0.635. The van der Waals surface area contributed by atoms with Crippen LogP contribution in [-0.2, 0) is 6.54 Å². The lowest BCUT2D eigenvalue weighted by atomic mass is 10.1. The molecule has 2 fully saturated rings. The zero-order valence-electron chi connectivity index (χ0n) is 11.2. The van der Waals surface area contributed by atoms with Gasteiger partial charge >= 0.3 is 0 Å². The van der Waals surface area contributed by atoms with E-state index < -0.39 is 0 Å². The molecule has 2 heterocycles. The van der Waals surface area contributed by atoms with Crippen molar-refractivity contribution in [3.63, 3.8) is 0 Å². The molecule has 1 saturated heterocycles. The lowest BCUT2D eigenvalue weighted by Gasteiger charge is -2.33. The Hall–Kier alpha value is -0.450. The highest BCUT2D eigenvalue weighted by Crippen LogP contribution is 2.35. The van der Waals surface area contributed by atoms with Crippen molar-refractivity contribution in [2.24, 2.45) is 0 Å². The first-order valence-corrected chi connectivity index (χ1v) is 8.10. The van der Waals surface area contributed by atoms with Crippen LogP contribution < -0.4 is 5.32 Å². The molecule has 0 amide bonds. The first-order chi connectivity index (χ1) is 8.83. The van der Waals surface area contributed by atoms with Crippen LogP contribution in [0.1, 0.15) is 49.2 Å². The van der Waals surface area contributed by atoms with E-state index in [9.17, 15) is 0 Å². The van der Waals surface area contributed by atoms with Gasteiger partial charge in [0.15, 0.2) is 0 Å². The van der Waals surface area contributed by atoms with Crippen molar-refractivity contribution >= 4 is 11.3 Å². The maximum absolute atomic E-state index is 4.88. The van der Waals surface area contributed by atoms with Crippen LogP contribution in [0.2, 0.25) is 0 Å². The van der Waals surface area contributed by atoms with Gasteiger partial charge in [0.05, 0.1) is 10.7 Å². The van der Waals surface area contributed by atoms with Crippen LogP contribution in [0.15, 0.2) is 5.38 Å². The minimum absolute atomic E-state index is 0.635. The first kappa shape index (κ1) is 12.6. The van der Waals surface area contributed by atoms with Gasteiger partial charge in [-0.2, -0.15) is 0 Å². The number of aromatic nitrogens is 1. The third-order valence-electron chi connectivity index (χ3n) is 4.28. The molecule has 2 aliphatic rings. The molecule has 0 aromatic carbocycles. The molecule has 0 unspecified atom stereocenters. The Labute approximate surface area is 114 Å². The second-order valence-electron chi connectivity index (χ2n) is 5.68. The summed E-state index contributed by atoms with van der Waals surface area (Å²) in [5.41, 5.74) is 1.29. The van der Waals surface area contributed by atoms with Gasteiger partial charge in [0.1, 0.15) is 0 Å². The van der Waals surface area contributed by atoms with E-state index in [1.807, 2.05) is 11.3 Å². The predicted molar refractivity (Wildman–Crippen MR) is 76.1 cm³/mol. The van der Waals surface area contributed by atoms with Crippen molar-refractivity contribution in [1.29, 1.82) is 0 Å². The SMILES string of the molecule is C[C@H]1CNCCN1Cc1csc(C2CCCC2)n1. The largest absolute Gasteiger partial charge is 0.314 e. The summed E-state index contributed by atoms with van der Waals surface area (Å²) in [5, 5.41) is 7.11. The summed E-state index contributed by atoms with van der Waals surface area (Å²) in [6.07, 6.45) is 5.51. The van der Waals surface area contributed by atoms with Crippen LogP contribution in [-0.4, -0.2) is 35.6 Å². The third-order valence-corrected chi connectivity index (χ3v) is 5.33. The van der Waals surface area contributed by atoms with E-state index in [2.05, 4.69) is 22.5 Å². The van der Waals surface area contributed by atoms with E-state index in [1.165, 1.54) is 36.4 Å². The van der Waals surface area contributed by atoms with Gasteiger partial charge in [-0.25, -0.2) is 4.98 Å². The average Bonchev–Trinajstić information content (AvgIpc) is 3.02. The fourth-order valence-corrected chi connectivity index (χ4v) is 4.06. The van der Waals surface area contributed by atoms with Crippen molar-refractivity contribution in [2.75, 3.05) is 19.6 Å². The van der Waals surface area contributed by atoms with Crippen LogP contribution in [0, 0.1) is 0 Å². The summed E-state index contributed by atoms with van der Waals surface area (Å²) in [4.78, 5) is 7.42. The Morgan fingerprint density at radius 1 is 1.44 bits per heavy atom. The van der Waals surface area contributed by atoms with Crippen LogP contribution in [0.5, 0.6) is 0 Å². The Kier molecular flexibility index (Phi) is 3.97. The molecule has 1 aliphatic carbocycles. The van der Waals surface area contributed by atoms with Crippen LogP contribution in [0.3, 0.4) is 0 Å². The normalized spacial score (nSPS) is 26.8. The molecular weight excluding hydrogens is 242 g/mol. The minimum Gasteiger partial charge on any atom is -0.314 e. The smallest absolute Gasteiger partial charge is 0.0959 e. The number of hydrogen-bond donors (Lipinski definition) is 1. The number of nitrogens with one attached hydrogen (secondary N) is 1. The Morgan fingerprint density at radius 2 is 2.28 bits per heavy atom. The van der Waals surface area contributed by atoms with Crippen molar-refractivity contribution < 1.29 is 0 Å². The molecule has 3 rings (SSSR count). The number of hydrogen-bond acceptors (Lipinski definition) is 4. The van der Waals surface area contributed by atoms with Crippen molar-refractivity contribution in [3.8, 4) is 0 Å². The molecule has 1 saturated carbocycles. The quantitative estimate of drug-likeness (QED) is 0.910. The Bertz CT molecular complexity index is 384. The topological polar surface area (TPSA) is 28.2 Å². The van der Waals surface area contributed by atoms with Crippen LogP contribution >= 0.6 is 11.3 Å². The Balaban J connectivity index is 1.62. The number of thiazole rings is 1. The van der Waals surface area contributed by atoms with Crippen molar-refractivity contribution in [2.45, 2.75) is 51.1 Å². The van der Waals surface area contributed by atoms with E-state index in [4.69, 9.17) is 4.98 Å². The average molecular weight is 265 g/mol. The van der Waals surface area contributed by atoms with E-state index >= 15 is 0 Å². The fraction of sp³-hybridized carbons (Fsp3) is 0.786. The molecule has 100 valence electrons. The standard InChI is InChI=1S/C14H23N3S/c1-11-8-15-6-7-17(11)9-13-10-18-14(16-13)12-4-2-3-5-12/h10-12,15H,2-9H2,1H3/t11-/m0/s1. The molecule has 0 spiro atoms. The second kappa shape index (κ2) is 5.68. The predicted octanol–water partition coefficient (Wildman–Crippen LogP) is 2.59. The zero-order chi connectivity index (χ0) is 12.4. The molecule has 1 aliphatic heterocycles. The van der Waals surface area contributed by atoms with Crippen LogP contribution in [0.4, 0.5) is 0 Å². The van der Waals surface area contributed by atoms with Gasteiger partial charge in [-0.05, 0) is 19.8 Å². The van der Waals surface area contributed by atoms with E-state index in [1.54, 1.807) is 0 Å². The highest BCUT2D eigenvalue weighted by atomic mass is 32.1. The van der Waals surface area contributed by atoms with E-state index in [0.717, 1.165) is 32.1 Å². The van der Waals surface area contributed by atoms with Gasteiger partial charge in [-0.15, -0.1) is 11.3 Å². The van der Waals surface area contributed by atoms with Crippen LogP contribution in [0.25, 0.3) is 0 Å². The molecule has 1 atom stereocenters. The molecule has 3 nitrogen and oxygen atoms in total. The van der Waals surface area contributed by atoms with Gasteiger partial charge in [0.25, 0.3) is 0 Å². The molecule has 0 radical (unpaired) electrons. The molecule has 18 heavy (non-hydrogen) atoms. The fourth-order valence-electron chi connectivity index (χ4n) is 3.08. The lowest BCUT2D eigenvalue weighted by Crippen LogP contribution is -2.49. The first-order valence-electron chi connectivity index (χ1n) is 7.22. The molecule has 1 aromatic rings. The molecule has 1 N–H and O–H groups in total. The molecule has 0 bridgehead atoms. The summed E-state index contributed by atoms with van der Waals surface area (Å²) in [6.45, 7) is 6.71. The molecule has 4 heteroatoms. The van der Waals surface area contributed by atoms with Gasteiger partial charge in [-0.3, -0.25) is 4.90 Å². The second-order valence-corrected chi connectivity index (χ2v) is 6.57. The summed E-state index contributed by atoms with van der Waals surface area (Å²) in [5.74, 6) is 0.768. The van der Waals surface area contributed by atoms with Gasteiger partial charge < -0.3 is 5.32 Å². The number of piperazine rings is 1. The molecule has 1 aromatic heterocycles. The maximum Gasteiger partial charge on any atom is 0.0959 e. The number of rotatable bonds is 3. The van der Waals surface area contributed by atoms with Gasteiger partial charge in [0, 0.05) is 43.5 Å². The van der Waals surface area contributed by atoms with E-state index in [-0.39, 0.29) is 0 Å². The Morgan fingerprint density at radius 3 is 3.06 bits per heavy atom. The van der Waals surface area contributed by atoms with E-state index in [0.29, 0.717) is 6.04 Å². The summed E-state index contributed by atoms with van der Waals surface area (Å²) in [7, 11) is 0. The van der Waals surface area contributed by atoms with Gasteiger partial charge in [0.2, 0.25) is 0 Å². The lowest BCUT2D eigenvalue weighted by molar-refractivity contribution is 0.164. The monoisotopic (exact) mass is 265 g/mol. The zero-order valence-corrected chi connectivity index (χ0v) is 12.0. The van der Waals surface area contributed by atoms with Crippen molar-refractivity contribution in [1.82, 2.24) is 15.2 Å². The highest BCUT2D eigenvalue weighted by Gasteiger charge is 2.22. The van der Waals surface area contributed by atoms with Gasteiger partial charge in [-0.1, -0.05) is 12.8 Å². The number of nitrogens with zero attached hydrogens (tertiary/aromatic N) is 2. The summed E-state index contributed by atoms with van der Waals surface area (Å²) >= 11 is 1.88. The molecular formula is C14H23N3S. The van der Waals surface area contributed by atoms with Crippen molar-refractivity contribution in [3.05, 3.63) is 16.1 Å². The maximum atomic E-state index is 4.88. The third kappa shape index (κ3) is 2.76.